The minimum absolute atomic E-state index is 0.204. The van der Waals surface area contributed by atoms with E-state index in [0.29, 0.717) is 11.5 Å². The van der Waals surface area contributed by atoms with Gasteiger partial charge in [-0.2, -0.15) is 0 Å². The maximum atomic E-state index is 11.2. The summed E-state index contributed by atoms with van der Waals surface area (Å²) < 4.78 is 0. The summed E-state index contributed by atoms with van der Waals surface area (Å²) >= 11 is 0. The van der Waals surface area contributed by atoms with Crippen LogP contribution in [0.5, 0.6) is 0 Å². The molecule has 1 aromatic heterocycles. The third-order valence-corrected chi connectivity index (χ3v) is 2.64. The van der Waals surface area contributed by atoms with Crippen molar-refractivity contribution >= 4 is 11.8 Å². The van der Waals surface area contributed by atoms with Gasteiger partial charge in [-0.25, -0.2) is 9.78 Å². The zero-order chi connectivity index (χ0) is 14.8. The van der Waals surface area contributed by atoms with Crippen LogP contribution in [-0.4, -0.2) is 21.6 Å². The van der Waals surface area contributed by atoms with Crippen LogP contribution < -0.4 is 5.32 Å². The second-order valence-corrected chi connectivity index (χ2v) is 6.08. The van der Waals surface area contributed by atoms with Gasteiger partial charge in [0.2, 0.25) is 0 Å². The molecule has 1 aromatic rings. The van der Waals surface area contributed by atoms with Gasteiger partial charge in [0.05, 0.1) is 11.1 Å². The fraction of sp³-hybridized carbons (Fsp3) is 0.467. The lowest BCUT2D eigenvalue weighted by molar-refractivity contribution is 0.0696. The van der Waals surface area contributed by atoms with Crippen molar-refractivity contribution in [2.45, 2.75) is 45.6 Å². The number of aromatic nitrogens is 1. The van der Waals surface area contributed by atoms with E-state index in [1.165, 1.54) is 6.07 Å². The SMILES string of the molecule is C#CC(C)(C)Nc1cc(C(=O)O)cc(C(C)(C)C)n1. The summed E-state index contributed by atoms with van der Waals surface area (Å²) in [6.07, 6.45) is 5.42. The van der Waals surface area contributed by atoms with E-state index in [2.05, 4.69) is 16.2 Å². The molecular formula is C15H20N2O2. The van der Waals surface area contributed by atoms with E-state index in [4.69, 9.17) is 11.5 Å². The third-order valence-electron chi connectivity index (χ3n) is 2.64. The third kappa shape index (κ3) is 3.99. The zero-order valence-corrected chi connectivity index (χ0v) is 12.0. The number of anilines is 1. The van der Waals surface area contributed by atoms with Crippen molar-refractivity contribution in [3.63, 3.8) is 0 Å². The van der Waals surface area contributed by atoms with Gasteiger partial charge in [0.15, 0.2) is 0 Å². The molecule has 2 N–H and O–H groups in total. The standard InChI is InChI=1S/C15H20N2O2/c1-7-15(5,6)17-12-9-10(13(18)19)8-11(16-12)14(2,3)4/h1,8-9H,2-6H3,(H,16,17)(H,18,19). The topological polar surface area (TPSA) is 62.2 Å². The molecule has 1 heterocycles. The highest BCUT2D eigenvalue weighted by Gasteiger charge is 2.21. The van der Waals surface area contributed by atoms with Crippen molar-refractivity contribution in [2.75, 3.05) is 5.32 Å². The van der Waals surface area contributed by atoms with E-state index >= 15 is 0 Å². The molecule has 4 heteroatoms. The molecule has 19 heavy (non-hydrogen) atoms. The Morgan fingerprint density at radius 1 is 1.32 bits per heavy atom. The Kier molecular flexibility index (Phi) is 3.90. The van der Waals surface area contributed by atoms with Gasteiger partial charge >= 0.3 is 5.97 Å². The predicted molar refractivity (Wildman–Crippen MR) is 76.4 cm³/mol. The minimum Gasteiger partial charge on any atom is -0.478 e. The molecule has 0 atom stereocenters. The molecule has 0 aliphatic rings. The Balaban J connectivity index is 3.30. The van der Waals surface area contributed by atoms with Gasteiger partial charge in [0.25, 0.3) is 0 Å². The quantitative estimate of drug-likeness (QED) is 0.820. The first-order valence-corrected chi connectivity index (χ1v) is 6.07. The van der Waals surface area contributed by atoms with E-state index in [1.54, 1.807) is 6.07 Å². The average molecular weight is 260 g/mol. The first-order valence-electron chi connectivity index (χ1n) is 6.07. The van der Waals surface area contributed by atoms with Gasteiger partial charge in [0.1, 0.15) is 5.82 Å². The Labute approximate surface area is 114 Å². The molecule has 0 radical (unpaired) electrons. The smallest absolute Gasteiger partial charge is 0.335 e. The lowest BCUT2D eigenvalue weighted by atomic mass is 9.90. The van der Waals surface area contributed by atoms with Crippen LogP contribution in [0.3, 0.4) is 0 Å². The molecule has 0 unspecified atom stereocenters. The number of hydrogen-bond donors (Lipinski definition) is 2. The van der Waals surface area contributed by atoms with Crippen molar-refractivity contribution in [3.05, 3.63) is 23.4 Å². The summed E-state index contributed by atoms with van der Waals surface area (Å²) in [5.74, 6) is 2.10. The lowest BCUT2D eigenvalue weighted by Gasteiger charge is -2.24. The van der Waals surface area contributed by atoms with Gasteiger partial charge in [-0.1, -0.05) is 26.7 Å². The first-order chi connectivity index (χ1) is 8.55. The van der Waals surface area contributed by atoms with E-state index in [9.17, 15) is 4.79 Å². The number of carboxylic acids is 1. The number of nitrogens with one attached hydrogen (secondary N) is 1. The molecular weight excluding hydrogens is 240 g/mol. The molecule has 4 nitrogen and oxygen atoms in total. The molecule has 0 fully saturated rings. The summed E-state index contributed by atoms with van der Waals surface area (Å²) in [5, 5.41) is 12.2. The van der Waals surface area contributed by atoms with Crippen LogP contribution in [0.15, 0.2) is 12.1 Å². The monoisotopic (exact) mass is 260 g/mol. The first kappa shape index (κ1) is 15.0. The van der Waals surface area contributed by atoms with Crippen LogP contribution in [-0.2, 0) is 5.41 Å². The van der Waals surface area contributed by atoms with Crippen molar-refractivity contribution < 1.29 is 9.90 Å². The van der Waals surface area contributed by atoms with Gasteiger partial charge in [0, 0.05) is 11.1 Å². The number of carboxylic acid groups (broad SMARTS) is 1. The number of hydrogen-bond acceptors (Lipinski definition) is 3. The molecule has 0 aliphatic carbocycles. The maximum Gasteiger partial charge on any atom is 0.335 e. The van der Waals surface area contributed by atoms with E-state index in [1.807, 2.05) is 34.6 Å². The molecule has 102 valence electrons. The Hall–Kier alpha value is -2.02. The molecule has 0 spiro atoms. The highest BCUT2D eigenvalue weighted by molar-refractivity contribution is 5.88. The maximum absolute atomic E-state index is 11.2. The van der Waals surface area contributed by atoms with Crippen LogP contribution in [0.1, 0.15) is 50.7 Å². The summed E-state index contributed by atoms with van der Waals surface area (Å²) in [5.41, 5.74) is 0.0968. The van der Waals surface area contributed by atoms with Crippen LogP contribution in [0, 0.1) is 12.3 Å². The summed E-state index contributed by atoms with van der Waals surface area (Å²) in [7, 11) is 0. The molecule has 0 saturated carbocycles. The van der Waals surface area contributed by atoms with Gasteiger partial charge in [-0.05, 0) is 26.0 Å². The molecule has 1 rings (SSSR count). The second kappa shape index (κ2) is 4.93. The van der Waals surface area contributed by atoms with Gasteiger partial charge in [-0.3, -0.25) is 0 Å². The molecule has 0 aromatic carbocycles. The number of rotatable bonds is 3. The lowest BCUT2D eigenvalue weighted by Crippen LogP contribution is -2.29. The van der Waals surface area contributed by atoms with E-state index < -0.39 is 11.5 Å². The fourth-order valence-electron chi connectivity index (χ4n) is 1.46. The van der Waals surface area contributed by atoms with Crippen LogP contribution >= 0.6 is 0 Å². The van der Waals surface area contributed by atoms with Crippen LogP contribution in [0.25, 0.3) is 0 Å². The fourth-order valence-corrected chi connectivity index (χ4v) is 1.46. The normalized spacial score (nSPS) is 11.8. The second-order valence-electron chi connectivity index (χ2n) is 6.08. The molecule has 0 aliphatic heterocycles. The molecule has 0 saturated heterocycles. The van der Waals surface area contributed by atoms with Crippen molar-refractivity contribution in [2.24, 2.45) is 0 Å². The largest absolute Gasteiger partial charge is 0.478 e. The Bertz CT molecular complexity index is 534. The average Bonchev–Trinajstić information content (AvgIpc) is 2.26. The van der Waals surface area contributed by atoms with Gasteiger partial charge in [-0.15, -0.1) is 6.42 Å². The number of carbonyl (C=O) groups is 1. The van der Waals surface area contributed by atoms with Gasteiger partial charge < -0.3 is 10.4 Å². The molecule has 0 amide bonds. The highest BCUT2D eigenvalue weighted by atomic mass is 16.4. The summed E-state index contributed by atoms with van der Waals surface area (Å²) in [6, 6.07) is 3.09. The van der Waals surface area contributed by atoms with E-state index in [0.717, 1.165) is 0 Å². The Morgan fingerprint density at radius 3 is 2.32 bits per heavy atom. The summed E-state index contributed by atoms with van der Waals surface area (Å²) in [6.45, 7) is 9.61. The predicted octanol–water partition coefficient (Wildman–Crippen LogP) is 2.90. The number of aromatic carboxylic acids is 1. The highest BCUT2D eigenvalue weighted by Crippen LogP contribution is 2.24. The van der Waals surface area contributed by atoms with Crippen molar-refractivity contribution in [3.8, 4) is 12.3 Å². The minimum atomic E-state index is -0.977. The van der Waals surface area contributed by atoms with Crippen molar-refractivity contribution in [1.29, 1.82) is 0 Å². The van der Waals surface area contributed by atoms with Crippen LogP contribution in [0.4, 0.5) is 5.82 Å². The molecule has 0 bridgehead atoms. The van der Waals surface area contributed by atoms with E-state index in [-0.39, 0.29) is 11.0 Å². The Morgan fingerprint density at radius 2 is 1.89 bits per heavy atom. The number of pyridine rings is 1. The van der Waals surface area contributed by atoms with Crippen LogP contribution in [0.2, 0.25) is 0 Å². The number of terminal acetylenes is 1. The van der Waals surface area contributed by atoms with Crippen molar-refractivity contribution in [1.82, 2.24) is 4.98 Å². The zero-order valence-electron chi connectivity index (χ0n) is 12.0. The number of nitrogens with zero attached hydrogens (tertiary/aromatic N) is 1. The summed E-state index contributed by atoms with van der Waals surface area (Å²) in [4.78, 5) is 15.6.